The lowest BCUT2D eigenvalue weighted by atomic mass is 10.1. The van der Waals surface area contributed by atoms with Crippen LogP contribution in [0.2, 0.25) is 0 Å². The summed E-state index contributed by atoms with van der Waals surface area (Å²) in [5.74, 6) is -0.0695. The Hall–Kier alpha value is -3.19. The van der Waals surface area contributed by atoms with E-state index in [1.165, 1.54) is 0 Å². The van der Waals surface area contributed by atoms with Crippen molar-refractivity contribution in [1.29, 1.82) is 0 Å². The molecule has 27 heavy (non-hydrogen) atoms. The van der Waals surface area contributed by atoms with Crippen LogP contribution >= 0.6 is 0 Å². The van der Waals surface area contributed by atoms with E-state index >= 15 is 0 Å². The van der Waals surface area contributed by atoms with E-state index in [0.717, 1.165) is 10.1 Å². The Labute approximate surface area is 154 Å². The lowest BCUT2D eigenvalue weighted by Gasteiger charge is -2.27. The molecule has 0 unspecified atom stereocenters. The zero-order valence-electron chi connectivity index (χ0n) is 14.7. The van der Waals surface area contributed by atoms with E-state index in [1.807, 2.05) is 0 Å². The number of H-pyrrole nitrogens is 1. The summed E-state index contributed by atoms with van der Waals surface area (Å²) in [5.41, 5.74) is 0.958. The Bertz CT molecular complexity index is 1110. The van der Waals surface area contributed by atoms with Gasteiger partial charge in [0.25, 0.3) is 11.5 Å². The minimum absolute atomic E-state index is 0.0695. The molecule has 0 radical (unpaired) electrons. The van der Waals surface area contributed by atoms with E-state index in [4.69, 9.17) is 4.74 Å². The molecular weight excluding hydrogens is 346 g/mol. The average molecular weight is 365 g/mol. The number of aromatic amines is 1. The summed E-state index contributed by atoms with van der Waals surface area (Å²) in [6, 6.07) is 14.0. The molecule has 138 valence electrons. The van der Waals surface area contributed by atoms with Crippen LogP contribution in [-0.2, 0) is 11.3 Å². The fourth-order valence-corrected chi connectivity index (χ4v) is 3.28. The van der Waals surface area contributed by atoms with E-state index in [9.17, 15) is 14.4 Å². The molecule has 0 saturated carbocycles. The summed E-state index contributed by atoms with van der Waals surface area (Å²) < 4.78 is 6.43. The number of ether oxygens (including phenoxy) is 1. The molecule has 0 spiro atoms. The van der Waals surface area contributed by atoms with E-state index in [1.54, 1.807) is 53.4 Å². The van der Waals surface area contributed by atoms with Gasteiger partial charge in [-0.1, -0.05) is 24.3 Å². The van der Waals surface area contributed by atoms with E-state index in [0.29, 0.717) is 42.8 Å². The minimum Gasteiger partial charge on any atom is -0.378 e. The molecule has 1 amide bonds. The van der Waals surface area contributed by atoms with Crippen molar-refractivity contribution in [3.05, 3.63) is 80.5 Å². The molecule has 1 aliphatic heterocycles. The molecule has 3 aromatic rings. The first kappa shape index (κ1) is 17.2. The monoisotopic (exact) mass is 365 g/mol. The molecule has 1 fully saturated rings. The number of hydrogen-bond donors (Lipinski definition) is 1. The topological polar surface area (TPSA) is 84.4 Å². The van der Waals surface area contributed by atoms with Gasteiger partial charge in [-0.25, -0.2) is 4.79 Å². The second kappa shape index (κ2) is 7.20. The van der Waals surface area contributed by atoms with Crippen molar-refractivity contribution in [3.63, 3.8) is 0 Å². The normalized spacial score (nSPS) is 14.4. The summed E-state index contributed by atoms with van der Waals surface area (Å²) in [5, 5.41) is 0.456. The van der Waals surface area contributed by atoms with Crippen LogP contribution < -0.4 is 11.2 Å². The number of hydrogen-bond acceptors (Lipinski definition) is 4. The third-order valence-corrected chi connectivity index (χ3v) is 4.70. The maximum Gasteiger partial charge on any atom is 0.329 e. The predicted octanol–water partition coefficient (Wildman–Crippen LogP) is 1.21. The number of nitrogens with zero attached hydrogens (tertiary/aromatic N) is 2. The van der Waals surface area contributed by atoms with Gasteiger partial charge in [0.1, 0.15) is 0 Å². The number of carbonyl (C=O) groups is 1. The standard InChI is InChI=1S/C20H19N3O4/c24-18(22-8-10-27-11-9-22)15-5-3-4-14(12-15)13-23-19(25)16-6-1-2-7-17(16)21-20(23)26/h1-7,12H,8-11,13H2,(H,21,26). The molecule has 1 saturated heterocycles. The van der Waals surface area contributed by atoms with Gasteiger partial charge in [-0.3, -0.25) is 14.2 Å². The summed E-state index contributed by atoms with van der Waals surface area (Å²) in [6.07, 6.45) is 0. The maximum atomic E-state index is 12.7. The Morgan fingerprint density at radius 2 is 1.81 bits per heavy atom. The van der Waals surface area contributed by atoms with Crippen molar-refractivity contribution in [3.8, 4) is 0 Å². The second-order valence-corrected chi connectivity index (χ2v) is 6.47. The van der Waals surface area contributed by atoms with Crippen molar-refractivity contribution < 1.29 is 9.53 Å². The third kappa shape index (κ3) is 3.41. The second-order valence-electron chi connectivity index (χ2n) is 6.47. The number of fused-ring (bicyclic) bond motifs is 1. The molecule has 0 aliphatic carbocycles. The van der Waals surface area contributed by atoms with Gasteiger partial charge in [0.2, 0.25) is 0 Å². The number of amides is 1. The van der Waals surface area contributed by atoms with Crippen LogP contribution in [0.5, 0.6) is 0 Å². The highest BCUT2D eigenvalue weighted by molar-refractivity contribution is 5.94. The first-order valence-corrected chi connectivity index (χ1v) is 8.81. The van der Waals surface area contributed by atoms with Gasteiger partial charge in [0.15, 0.2) is 0 Å². The van der Waals surface area contributed by atoms with E-state index in [-0.39, 0.29) is 18.0 Å². The minimum atomic E-state index is -0.469. The summed E-state index contributed by atoms with van der Waals surface area (Å²) in [6.45, 7) is 2.30. The third-order valence-electron chi connectivity index (χ3n) is 4.70. The summed E-state index contributed by atoms with van der Waals surface area (Å²) in [7, 11) is 0. The first-order valence-electron chi connectivity index (χ1n) is 8.81. The molecule has 2 heterocycles. The maximum absolute atomic E-state index is 12.7. The van der Waals surface area contributed by atoms with E-state index < -0.39 is 5.69 Å². The van der Waals surface area contributed by atoms with Gasteiger partial charge < -0.3 is 14.6 Å². The zero-order valence-corrected chi connectivity index (χ0v) is 14.7. The number of nitrogens with one attached hydrogen (secondary N) is 1. The number of para-hydroxylation sites is 1. The fourth-order valence-electron chi connectivity index (χ4n) is 3.28. The summed E-state index contributed by atoms with van der Waals surface area (Å²) >= 11 is 0. The van der Waals surface area contributed by atoms with Gasteiger partial charge in [-0.05, 0) is 29.8 Å². The highest BCUT2D eigenvalue weighted by Gasteiger charge is 2.18. The molecule has 7 heteroatoms. The SMILES string of the molecule is O=C(c1cccc(Cn2c(=O)[nH]c3ccccc3c2=O)c1)N1CCOCC1. The summed E-state index contributed by atoms with van der Waals surface area (Å²) in [4.78, 5) is 42.1. The van der Waals surface area contributed by atoms with Gasteiger partial charge in [0, 0.05) is 18.7 Å². The molecule has 1 aliphatic rings. The number of benzene rings is 2. The Balaban J connectivity index is 1.66. The average Bonchev–Trinajstić information content (AvgIpc) is 2.71. The highest BCUT2D eigenvalue weighted by Crippen LogP contribution is 2.11. The Morgan fingerprint density at radius 3 is 2.63 bits per heavy atom. The number of rotatable bonds is 3. The molecular formula is C20H19N3O4. The molecule has 1 N–H and O–H groups in total. The predicted molar refractivity (Wildman–Crippen MR) is 101 cm³/mol. The van der Waals surface area contributed by atoms with Crippen LogP contribution in [0.1, 0.15) is 15.9 Å². The first-order chi connectivity index (χ1) is 13.1. The smallest absolute Gasteiger partial charge is 0.329 e. The van der Waals surface area contributed by atoms with Crippen LogP contribution in [0.25, 0.3) is 10.9 Å². The molecule has 0 atom stereocenters. The Kier molecular flexibility index (Phi) is 4.60. The number of morpholine rings is 1. The zero-order chi connectivity index (χ0) is 18.8. The lowest BCUT2D eigenvalue weighted by Crippen LogP contribution is -2.40. The van der Waals surface area contributed by atoms with E-state index in [2.05, 4.69) is 4.98 Å². The Morgan fingerprint density at radius 1 is 1.04 bits per heavy atom. The van der Waals surface area contributed by atoms with Gasteiger partial charge in [-0.15, -0.1) is 0 Å². The molecule has 1 aromatic heterocycles. The molecule has 2 aromatic carbocycles. The fraction of sp³-hybridized carbons (Fsp3) is 0.250. The van der Waals surface area contributed by atoms with Crippen molar-refractivity contribution in [2.24, 2.45) is 0 Å². The number of carbonyl (C=O) groups excluding carboxylic acids is 1. The van der Waals surface area contributed by atoms with Gasteiger partial charge >= 0.3 is 5.69 Å². The van der Waals surface area contributed by atoms with Gasteiger partial charge in [-0.2, -0.15) is 0 Å². The van der Waals surface area contributed by atoms with Crippen LogP contribution in [0, 0.1) is 0 Å². The van der Waals surface area contributed by atoms with Crippen LogP contribution in [0.15, 0.2) is 58.1 Å². The van der Waals surface area contributed by atoms with Crippen LogP contribution in [-0.4, -0.2) is 46.7 Å². The lowest BCUT2D eigenvalue weighted by molar-refractivity contribution is 0.0303. The molecule has 7 nitrogen and oxygen atoms in total. The van der Waals surface area contributed by atoms with Crippen molar-refractivity contribution in [1.82, 2.24) is 14.5 Å². The van der Waals surface area contributed by atoms with Gasteiger partial charge in [0.05, 0.1) is 30.7 Å². The molecule has 0 bridgehead atoms. The molecule has 4 rings (SSSR count). The van der Waals surface area contributed by atoms with Crippen LogP contribution in [0.3, 0.4) is 0 Å². The highest BCUT2D eigenvalue weighted by atomic mass is 16.5. The quantitative estimate of drug-likeness (QED) is 0.756. The van der Waals surface area contributed by atoms with Crippen LogP contribution in [0.4, 0.5) is 0 Å². The van der Waals surface area contributed by atoms with Crippen molar-refractivity contribution in [2.75, 3.05) is 26.3 Å². The van der Waals surface area contributed by atoms with Crippen molar-refractivity contribution >= 4 is 16.8 Å². The number of aromatic nitrogens is 2. The largest absolute Gasteiger partial charge is 0.378 e. The van der Waals surface area contributed by atoms with Crippen molar-refractivity contribution in [2.45, 2.75) is 6.54 Å².